The van der Waals surface area contributed by atoms with E-state index < -0.39 is 29.6 Å². The molecule has 21 heavy (non-hydrogen) atoms. The van der Waals surface area contributed by atoms with Crippen LogP contribution in [0.3, 0.4) is 0 Å². The van der Waals surface area contributed by atoms with Crippen molar-refractivity contribution >= 4 is 27.8 Å². The summed E-state index contributed by atoms with van der Waals surface area (Å²) < 4.78 is 30.9. The van der Waals surface area contributed by atoms with Crippen LogP contribution in [0.25, 0.3) is 0 Å². The lowest BCUT2D eigenvalue weighted by atomic mass is 10.1. The summed E-state index contributed by atoms with van der Waals surface area (Å²) in [5.41, 5.74) is 0.299. The van der Waals surface area contributed by atoms with E-state index in [9.17, 15) is 18.4 Å². The number of amides is 1. The average Bonchev–Trinajstić information content (AvgIpc) is 2.40. The third-order valence-corrected chi connectivity index (χ3v) is 2.92. The van der Waals surface area contributed by atoms with Gasteiger partial charge in [-0.3, -0.25) is 4.79 Å². The van der Waals surface area contributed by atoms with Crippen LogP contribution in [0, 0.1) is 11.6 Å². The van der Waals surface area contributed by atoms with E-state index in [1.54, 1.807) is 0 Å². The van der Waals surface area contributed by atoms with Gasteiger partial charge in [0.1, 0.15) is 6.04 Å². The van der Waals surface area contributed by atoms with Gasteiger partial charge in [-0.25, -0.2) is 13.6 Å². The van der Waals surface area contributed by atoms with Gasteiger partial charge >= 0.3 is 5.97 Å². The summed E-state index contributed by atoms with van der Waals surface area (Å²) in [6, 6.07) is 2.29. The normalized spacial score (nSPS) is 11.6. The van der Waals surface area contributed by atoms with E-state index >= 15 is 0 Å². The van der Waals surface area contributed by atoms with E-state index in [0.717, 1.165) is 12.1 Å². The van der Waals surface area contributed by atoms with E-state index in [0.29, 0.717) is 10.0 Å². The minimum Gasteiger partial charge on any atom is -0.467 e. The SMILES string of the molecule is C=C(Br)C[C@@H](NC(=O)Cc1ccc(F)c(F)c1)C(=O)OC. The Morgan fingerprint density at radius 2 is 2.05 bits per heavy atom. The summed E-state index contributed by atoms with van der Waals surface area (Å²) in [5, 5.41) is 2.46. The highest BCUT2D eigenvalue weighted by atomic mass is 79.9. The molecule has 0 saturated carbocycles. The summed E-state index contributed by atoms with van der Waals surface area (Å²) >= 11 is 3.10. The standard InChI is InChI=1S/C14H14BrF2NO3/c1-8(15)5-12(14(20)21-2)18-13(19)7-9-3-4-10(16)11(17)6-9/h3-4,6,12H,1,5,7H2,2H3,(H,18,19)/t12-/m1/s1. The number of carbonyl (C=O) groups is 2. The molecular weight excluding hydrogens is 348 g/mol. The van der Waals surface area contributed by atoms with E-state index in [4.69, 9.17) is 0 Å². The molecule has 114 valence electrons. The molecule has 0 saturated heterocycles. The quantitative estimate of drug-likeness (QED) is 0.791. The highest BCUT2D eigenvalue weighted by molar-refractivity contribution is 9.11. The number of nitrogens with one attached hydrogen (secondary N) is 1. The number of hydrogen-bond acceptors (Lipinski definition) is 3. The maximum Gasteiger partial charge on any atom is 0.328 e. The molecule has 0 heterocycles. The third kappa shape index (κ3) is 5.63. The maximum atomic E-state index is 13.0. The predicted molar refractivity (Wildman–Crippen MR) is 76.7 cm³/mol. The first-order valence-electron chi connectivity index (χ1n) is 5.98. The zero-order chi connectivity index (χ0) is 16.0. The van der Waals surface area contributed by atoms with Gasteiger partial charge in [0.15, 0.2) is 11.6 Å². The molecule has 1 rings (SSSR count). The van der Waals surface area contributed by atoms with Crippen molar-refractivity contribution in [3.63, 3.8) is 0 Å². The molecular formula is C14H14BrF2NO3. The highest BCUT2D eigenvalue weighted by Crippen LogP contribution is 2.12. The van der Waals surface area contributed by atoms with E-state index in [2.05, 4.69) is 32.6 Å². The van der Waals surface area contributed by atoms with Gasteiger partial charge in [0.2, 0.25) is 5.91 Å². The minimum absolute atomic E-state index is 0.163. The molecule has 0 bridgehead atoms. The van der Waals surface area contributed by atoms with Crippen LogP contribution < -0.4 is 5.32 Å². The average molecular weight is 362 g/mol. The van der Waals surface area contributed by atoms with Gasteiger partial charge in [-0.2, -0.15) is 0 Å². The van der Waals surface area contributed by atoms with Crippen LogP contribution in [-0.4, -0.2) is 25.0 Å². The molecule has 1 aromatic rings. The Morgan fingerprint density at radius 1 is 1.38 bits per heavy atom. The van der Waals surface area contributed by atoms with Crippen LogP contribution in [0.1, 0.15) is 12.0 Å². The molecule has 0 unspecified atom stereocenters. The van der Waals surface area contributed by atoms with Crippen LogP contribution in [0.4, 0.5) is 8.78 Å². The fourth-order valence-corrected chi connectivity index (χ4v) is 1.96. The highest BCUT2D eigenvalue weighted by Gasteiger charge is 2.22. The Kier molecular flexibility index (Phi) is 6.48. The van der Waals surface area contributed by atoms with Crippen molar-refractivity contribution in [1.82, 2.24) is 5.32 Å². The number of benzene rings is 1. The lowest BCUT2D eigenvalue weighted by Crippen LogP contribution is -2.42. The Balaban J connectivity index is 2.70. The van der Waals surface area contributed by atoms with Crippen molar-refractivity contribution in [2.24, 2.45) is 0 Å². The van der Waals surface area contributed by atoms with Crippen LogP contribution in [0.15, 0.2) is 29.3 Å². The number of carbonyl (C=O) groups excluding carboxylic acids is 2. The lowest BCUT2D eigenvalue weighted by molar-refractivity contribution is -0.144. The summed E-state index contributed by atoms with van der Waals surface area (Å²) in [5.74, 6) is -3.14. The molecule has 0 aliphatic carbocycles. The zero-order valence-electron chi connectivity index (χ0n) is 11.3. The molecule has 0 aliphatic rings. The fourth-order valence-electron chi connectivity index (χ4n) is 1.64. The molecule has 0 aromatic heterocycles. The Hall–Kier alpha value is -1.76. The van der Waals surface area contributed by atoms with Crippen molar-refractivity contribution < 1.29 is 23.1 Å². The van der Waals surface area contributed by atoms with Crippen LogP contribution >= 0.6 is 15.9 Å². The maximum absolute atomic E-state index is 13.0. The van der Waals surface area contributed by atoms with Gasteiger partial charge in [0.25, 0.3) is 0 Å². The Bertz CT molecular complexity index is 563. The molecule has 0 fully saturated rings. The number of esters is 1. The first-order chi connectivity index (χ1) is 9.83. The zero-order valence-corrected chi connectivity index (χ0v) is 12.9. The molecule has 1 N–H and O–H groups in total. The lowest BCUT2D eigenvalue weighted by Gasteiger charge is -2.16. The largest absolute Gasteiger partial charge is 0.467 e. The number of methoxy groups -OCH3 is 1. The van der Waals surface area contributed by atoms with Gasteiger partial charge in [0, 0.05) is 6.42 Å². The van der Waals surface area contributed by atoms with Gasteiger partial charge < -0.3 is 10.1 Å². The first-order valence-corrected chi connectivity index (χ1v) is 6.77. The van der Waals surface area contributed by atoms with Gasteiger partial charge in [-0.05, 0) is 22.2 Å². The number of ether oxygens (including phenoxy) is 1. The van der Waals surface area contributed by atoms with Crippen molar-refractivity contribution in [3.05, 3.63) is 46.5 Å². The minimum atomic E-state index is -1.03. The van der Waals surface area contributed by atoms with Crippen molar-refractivity contribution in [3.8, 4) is 0 Å². The summed E-state index contributed by atoms with van der Waals surface area (Å²) in [7, 11) is 1.20. The van der Waals surface area contributed by atoms with Gasteiger partial charge in [0.05, 0.1) is 13.5 Å². The topological polar surface area (TPSA) is 55.4 Å². The van der Waals surface area contributed by atoms with E-state index in [-0.39, 0.29) is 12.8 Å². The molecule has 4 nitrogen and oxygen atoms in total. The smallest absolute Gasteiger partial charge is 0.328 e. The second-order valence-corrected chi connectivity index (χ2v) is 5.41. The van der Waals surface area contributed by atoms with E-state index in [1.165, 1.54) is 13.2 Å². The molecule has 7 heteroatoms. The van der Waals surface area contributed by atoms with Gasteiger partial charge in [-0.15, -0.1) is 0 Å². The monoisotopic (exact) mass is 361 g/mol. The summed E-state index contributed by atoms with van der Waals surface area (Å²) in [6.07, 6.45) is -0.0182. The van der Waals surface area contributed by atoms with Crippen molar-refractivity contribution in [2.45, 2.75) is 18.9 Å². The summed E-state index contributed by atoms with van der Waals surface area (Å²) in [4.78, 5) is 23.4. The molecule has 1 aromatic carbocycles. The number of hydrogen-bond donors (Lipinski definition) is 1. The second-order valence-electron chi connectivity index (χ2n) is 4.29. The summed E-state index contributed by atoms with van der Waals surface area (Å²) in [6.45, 7) is 3.59. The number of halogens is 3. The predicted octanol–water partition coefficient (Wildman–Crippen LogP) is 2.46. The molecule has 1 atom stereocenters. The Morgan fingerprint density at radius 3 is 2.57 bits per heavy atom. The fraction of sp³-hybridized carbons (Fsp3) is 0.286. The molecule has 1 amide bonds. The number of rotatable bonds is 6. The first kappa shape index (κ1) is 17.3. The van der Waals surface area contributed by atoms with Crippen molar-refractivity contribution in [2.75, 3.05) is 7.11 Å². The molecule has 0 aliphatic heterocycles. The van der Waals surface area contributed by atoms with E-state index in [1.807, 2.05) is 0 Å². The Labute approximate surface area is 129 Å². The second kappa shape index (κ2) is 7.87. The van der Waals surface area contributed by atoms with Gasteiger partial charge in [-0.1, -0.05) is 28.6 Å². The molecule has 0 spiro atoms. The van der Waals surface area contributed by atoms with Crippen LogP contribution in [-0.2, 0) is 20.7 Å². The van der Waals surface area contributed by atoms with Crippen LogP contribution in [0.2, 0.25) is 0 Å². The van der Waals surface area contributed by atoms with Crippen LogP contribution in [0.5, 0.6) is 0 Å². The van der Waals surface area contributed by atoms with Crippen molar-refractivity contribution in [1.29, 1.82) is 0 Å². The molecule has 0 radical (unpaired) electrons. The third-order valence-electron chi connectivity index (χ3n) is 2.60.